The van der Waals surface area contributed by atoms with Gasteiger partial charge in [-0.2, -0.15) is 0 Å². The van der Waals surface area contributed by atoms with E-state index in [0.29, 0.717) is 6.04 Å². The molecule has 0 heterocycles. The molecule has 2 aromatic carbocycles. The Bertz CT molecular complexity index is 536. The number of halogens is 1. The molecule has 0 saturated carbocycles. The molecular weight excluding hydrogens is 310 g/mol. The average molecular weight is 332 g/mol. The van der Waals surface area contributed by atoms with Gasteiger partial charge >= 0.3 is 0 Å². The molecule has 0 radical (unpaired) electrons. The van der Waals surface area contributed by atoms with Gasteiger partial charge in [0.15, 0.2) is 0 Å². The van der Waals surface area contributed by atoms with Crippen LogP contribution in [0.1, 0.15) is 35.6 Å². The maximum atomic E-state index is 3.56. The number of rotatable bonds is 6. The van der Waals surface area contributed by atoms with Crippen molar-refractivity contribution in [1.29, 1.82) is 0 Å². The first-order valence-electron chi connectivity index (χ1n) is 7.18. The van der Waals surface area contributed by atoms with Gasteiger partial charge in [-0.25, -0.2) is 0 Å². The highest BCUT2D eigenvalue weighted by atomic mass is 79.9. The highest BCUT2D eigenvalue weighted by Crippen LogP contribution is 2.24. The van der Waals surface area contributed by atoms with E-state index in [1.165, 1.54) is 27.6 Å². The van der Waals surface area contributed by atoms with Crippen molar-refractivity contribution < 1.29 is 0 Å². The van der Waals surface area contributed by atoms with Crippen LogP contribution in [0.3, 0.4) is 0 Å². The molecule has 106 valence electrons. The molecule has 0 bridgehead atoms. The lowest BCUT2D eigenvalue weighted by Gasteiger charge is -2.17. The first-order valence-corrected chi connectivity index (χ1v) is 7.97. The quantitative estimate of drug-likeness (QED) is 0.781. The van der Waals surface area contributed by atoms with Crippen LogP contribution in [0.2, 0.25) is 0 Å². The van der Waals surface area contributed by atoms with Crippen LogP contribution in [0.15, 0.2) is 53.0 Å². The molecular formula is C18H22BrN. The van der Waals surface area contributed by atoms with Crippen LogP contribution in [0, 0.1) is 6.92 Å². The summed E-state index contributed by atoms with van der Waals surface area (Å²) in [5.41, 5.74) is 4.10. The van der Waals surface area contributed by atoms with Crippen LogP contribution in [-0.2, 0) is 6.42 Å². The third kappa shape index (κ3) is 4.19. The molecule has 2 rings (SSSR count). The molecule has 0 fully saturated rings. The number of aryl methyl sites for hydroxylation is 2. The van der Waals surface area contributed by atoms with Gasteiger partial charge in [-0.1, -0.05) is 58.4 Å². The Balaban J connectivity index is 1.93. The molecule has 20 heavy (non-hydrogen) atoms. The molecule has 0 aliphatic carbocycles. The van der Waals surface area contributed by atoms with E-state index in [1.807, 2.05) is 7.05 Å². The second kappa shape index (κ2) is 7.61. The van der Waals surface area contributed by atoms with Gasteiger partial charge in [-0.3, -0.25) is 0 Å². The second-order valence-electron chi connectivity index (χ2n) is 5.23. The minimum atomic E-state index is 0.436. The van der Waals surface area contributed by atoms with E-state index in [-0.39, 0.29) is 0 Å². The summed E-state index contributed by atoms with van der Waals surface area (Å²) in [4.78, 5) is 0. The zero-order chi connectivity index (χ0) is 14.4. The van der Waals surface area contributed by atoms with Gasteiger partial charge in [0.25, 0.3) is 0 Å². The maximum Gasteiger partial charge on any atom is 0.0317 e. The van der Waals surface area contributed by atoms with Crippen LogP contribution in [0.5, 0.6) is 0 Å². The molecule has 1 unspecified atom stereocenters. The zero-order valence-corrected chi connectivity index (χ0v) is 13.8. The van der Waals surface area contributed by atoms with Crippen LogP contribution >= 0.6 is 15.9 Å². The standard InChI is InChI=1S/C18H22BrN/c1-14-13-16(11-12-17(14)19)18(20-2)10-6-9-15-7-4-3-5-8-15/h3-5,7-8,11-13,18,20H,6,9-10H2,1-2H3. The van der Waals surface area contributed by atoms with Crippen LogP contribution < -0.4 is 5.32 Å². The Morgan fingerprint density at radius 2 is 1.85 bits per heavy atom. The van der Waals surface area contributed by atoms with Gasteiger partial charge < -0.3 is 5.32 Å². The van der Waals surface area contributed by atoms with Crippen molar-refractivity contribution in [3.8, 4) is 0 Å². The fourth-order valence-electron chi connectivity index (χ4n) is 2.52. The average Bonchev–Trinajstić information content (AvgIpc) is 2.48. The Hall–Kier alpha value is -1.12. The Morgan fingerprint density at radius 3 is 2.50 bits per heavy atom. The van der Waals surface area contributed by atoms with Crippen molar-refractivity contribution in [3.05, 3.63) is 69.7 Å². The summed E-state index contributed by atoms with van der Waals surface area (Å²) < 4.78 is 1.18. The molecule has 1 nitrogen and oxygen atoms in total. The number of benzene rings is 2. The van der Waals surface area contributed by atoms with Gasteiger partial charge in [-0.05, 0) is 56.0 Å². The number of nitrogens with one attached hydrogen (secondary N) is 1. The second-order valence-corrected chi connectivity index (χ2v) is 6.08. The van der Waals surface area contributed by atoms with Crippen molar-refractivity contribution in [1.82, 2.24) is 5.32 Å². The molecule has 1 N–H and O–H groups in total. The minimum absolute atomic E-state index is 0.436. The predicted molar refractivity (Wildman–Crippen MR) is 90.1 cm³/mol. The third-order valence-electron chi connectivity index (χ3n) is 3.73. The van der Waals surface area contributed by atoms with Gasteiger partial charge in [0.05, 0.1) is 0 Å². The first-order chi connectivity index (χ1) is 9.70. The fourth-order valence-corrected chi connectivity index (χ4v) is 2.76. The lowest BCUT2D eigenvalue weighted by Crippen LogP contribution is -2.16. The molecule has 2 heteroatoms. The lowest BCUT2D eigenvalue weighted by molar-refractivity contribution is 0.527. The predicted octanol–water partition coefficient (Wildman–Crippen LogP) is 5.04. The Kier molecular flexibility index (Phi) is 5.81. The summed E-state index contributed by atoms with van der Waals surface area (Å²) in [6.45, 7) is 2.14. The SMILES string of the molecule is CNC(CCCc1ccccc1)c1ccc(Br)c(C)c1. The van der Waals surface area contributed by atoms with Gasteiger partial charge in [-0.15, -0.1) is 0 Å². The zero-order valence-electron chi connectivity index (χ0n) is 12.2. The normalized spacial score (nSPS) is 12.3. The first kappa shape index (κ1) is 15.3. The van der Waals surface area contributed by atoms with Crippen LogP contribution in [-0.4, -0.2) is 7.05 Å². The van der Waals surface area contributed by atoms with Gasteiger partial charge in [0.1, 0.15) is 0 Å². The smallest absolute Gasteiger partial charge is 0.0317 e. The number of hydrogen-bond acceptors (Lipinski definition) is 1. The van der Waals surface area contributed by atoms with E-state index in [1.54, 1.807) is 0 Å². The van der Waals surface area contributed by atoms with E-state index in [2.05, 4.69) is 76.7 Å². The summed E-state index contributed by atoms with van der Waals surface area (Å²) in [6, 6.07) is 17.8. The largest absolute Gasteiger partial charge is 0.313 e. The summed E-state index contributed by atoms with van der Waals surface area (Å²) in [6.07, 6.45) is 3.51. The summed E-state index contributed by atoms with van der Waals surface area (Å²) in [5.74, 6) is 0. The van der Waals surface area contributed by atoms with Crippen molar-refractivity contribution in [2.75, 3.05) is 7.05 Å². The fraction of sp³-hybridized carbons (Fsp3) is 0.333. The number of hydrogen-bond donors (Lipinski definition) is 1. The third-order valence-corrected chi connectivity index (χ3v) is 4.62. The van der Waals surface area contributed by atoms with Gasteiger partial charge in [0, 0.05) is 10.5 Å². The topological polar surface area (TPSA) is 12.0 Å². The molecule has 0 aliphatic rings. The Morgan fingerprint density at radius 1 is 1.10 bits per heavy atom. The molecule has 0 saturated heterocycles. The molecule has 1 atom stereocenters. The Labute approximate surface area is 130 Å². The molecule has 0 aliphatic heterocycles. The molecule has 2 aromatic rings. The van der Waals surface area contributed by atoms with Gasteiger partial charge in [0.2, 0.25) is 0 Å². The maximum absolute atomic E-state index is 3.56. The van der Waals surface area contributed by atoms with E-state index >= 15 is 0 Å². The highest BCUT2D eigenvalue weighted by Gasteiger charge is 2.10. The molecule has 0 spiro atoms. The van der Waals surface area contributed by atoms with Crippen molar-refractivity contribution in [2.24, 2.45) is 0 Å². The van der Waals surface area contributed by atoms with Crippen molar-refractivity contribution >= 4 is 15.9 Å². The summed E-state index contributed by atoms with van der Waals surface area (Å²) >= 11 is 3.56. The van der Waals surface area contributed by atoms with Crippen molar-refractivity contribution in [2.45, 2.75) is 32.2 Å². The summed E-state index contributed by atoms with van der Waals surface area (Å²) in [5, 5.41) is 3.44. The van der Waals surface area contributed by atoms with Crippen LogP contribution in [0.4, 0.5) is 0 Å². The van der Waals surface area contributed by atoms with Crippen LogP contribution in [0.25, 0.3) is 0 Å². The summed E-state index contributed by atoms with van der Waals surface area (Å²) in [7, 11) is 2.05. The van der Waals surface area contributed by atoms with E-state index in [0.717, 1.165) is 12.8 Å². The molecule has 0 amide bonds. The van der Waals surface area contributed by atoms with Crippen molar-refractivity contribution in [3.63, 3.8) is 0 Å². The minimum Gasteiger partial charge on any atom is -0.313 e. The lowest BCUT2D eigenvalue weighted by atomic mass is 9.98. The highest BCUT2D eigenvalue weighted by molar-refractivity contribution is 9.10. The van der Waals surface area contributed by atoms with E-state index < -0.39 is 0 Å². The van der Waals surface area contributed by atoms with E-state index in [4.69, 9.17) is 0 Å². The van der Waals surface area contributed by atoms with E-state index in [9.17, 15) is 0 Å². The molecule has 0 aromatic heterocycles. The monoisotopic (exact) mass is 331 g/mol.